The van der Waals surface area contributed by atoms with Crippen LogP contribution in [0.2, 0.25) is 18.1 Å². The van der Waals surface area contributed by atoms with Crippen molar-refractivity contribution >= 4 is 14.1 Å². The summed E-state index contributed by atoms with van der Waals surface area (Å²) in [4.78, 5) is 12.3. The molecule has 2 unspecified atom stereocenters. The van der Waals surface area contributed by atoms with Crippen molar-refractivity contribution in [1.82, 2.24) is 0 Å². The third kappa shape index (κ3) is 2.56. The highest BCUT2D eigenvalue weighted by molar-refractivity contribution is 6.74. The molecule has 2 nitrogen and oxygen atoms in total. The van der Waals surface area contributed by atoms with Crippen LogP contribution in [0.5, 0.6) is 0 Å². The molecular weight excluding hydrogens is 252 g/mol. The predicted octanol–water partition coefficient (Wildman–Crippen LogP) is 4.26. The number of ketones is 1. The van der Waals surface area contributed by atoms with Crippen LogP contribution in [0.3, 0.4) is 0 Å². The van der Waals surface area contributed by atoms with Gasteiger partial charge in [0, 0.05) is 12.3 Å². The van der Waals surface area contributed by atoms with Gasteiger partial charge in [-0.25, -0.2) is 0 Å². The zero-order chi connectivity index (χ0) is 14.6. The van der Waals surface area contributed by atoms with E-state index in [0.717, 1.165) is 6.42 Å². The van der Waals surface area contributed by atoms with Crippen molar-refractivity contribution in [3.05, 3.63) is 0 Å². The van der Waals surface area contributed by atoms with E-state index < -0.39 is 8.32 Å². The smallest absolute Gasteiger partial charge is 0.192 e. The Balaban J connectivity index is 2.16. The quantitative estimate of drug-likeness (QED) is 0.707. The lowest BCUT2D eigenvalue weighted by atomic mass is 9.84. The minimum absolute atomic E-state index is 0.185. The number of hydrogen-bond donors (Lipinski definition) is 0. The molecular formula is C16H30O2Si. The number of carbonyl (C=O) groups excluding carboxylic acids is 1. The average molecular weight is 282 g/mol. The molecule has 0 spiro atoms. The number of rotatable bonds is 2. The van der Waals surface area contributed by atoms with Crippen molar-refractivity contribution in [1.29, 1.82) is 0 Å². The van der Waals surface area contributed by atoms with Gasteiger partial charge in [0.25, 0.3) is 0 Å². The highest BCUT2D eigenvalue weighted by Crippen LogP contribution is 2.50. The van der Waals surface area contributed by atoms with E-state index in [4.69, 9.17) is 4.43 Å². The summed E-state index contributed by atoms with van der Waals surface area (Å²) in [7, 11) is -1.77. The lowest BCUT2D eigenvalue weighted by molar-refractivity contribution is -0.127. The molecule has 0 heterocycles. The summed E-state index contributed by atoms with van der Waals surface area (Å²) in [5.74, 6) is 2.56. The Morgan fingerprint density at radius 2 is 1.74 bits per heavy atom. The normalized spacial score (nSPS) is 39.7. The van der Waals surface area contributed by atoms with Gasteiger partial charge in [-0.2, -0.15) is 0 Å². The van der Waals surface area contributed by atoms with E-state index in [0.29, 0.717) is 35.9 Å². The highest BCUT2D eigenvalue weighted by Gasteiger charge is 2.52. The van der Waals surface area contributed by atoms with Crippen molar-refractivity contribution in [2.75, 3.05) is 0 Å². The van der Waals surface area contributed by atoms with Gasteiger partial charge in [-0.3, -0.25) is 4.79 Å². The number of hydrogen-bond acceptors (Lipinski definition) is 2. The molecule has 0 N–H and O–H groups in total. The largest absolute Gasteiger partial charge is 0.413 e. The molecule has 2 saturated carbocycles. The Hall–Kier alpha value is -0.153. The second-order valence-electron chi connectivity index (χ2n) is 8.31. The van der Waals surface area contributed by atoms with Gasteiger partial charge in [-0.1, -0.05) is 34.6 Å². The Bertz CT molecular complexity index is 369. The first-order valence-corrected chi connectivity index (χ1v) is 10.7. The van der Waals surface area contributed by atoms with E-state index in [1.165, 1.54) is 0 Å². The molecule has 0 radical (unpaired) electrons. The maximum Gasteiger partial charge on any atom is 0.192 e. The fourth-order valence-electron chi connectivity index (χ4n) is 3.58. The van der Waals surface area contributed by atoms with Gasteiger partial charge >= 0.3 is 0 Å². The minimum atomic E-state index is -1.77. The fourth-order valence-corrected chi connectivity index (χ4v) is 4.95. The highest BCUT2D eigenvalue weighted by atomic mass is 28.4. The van der Waals surface area contributed by atoms with Gasteiger partial charge < -0.3 is 4.43 Å². The number of fused-ring (bicyclic) bond motifs is 2. The van der Waals surface area contributed by atoms with Crippen LogP contribution >= 0.6 is 0 Å². The second-order valence-corrected chi connectivity index (χ2v) is 13.1. The molecule has 5 atom stereocenters. The standard InChI is InChI=1S/C16H30O2Si/c1-10-11(2)13-8-12(10)14(17)9-15(13)18-19(6,7)16(3,4)5/h10-13,15H,8-9H2,1-7H3/t10?,11?,12-,13+,15-/m0/s1. The molecule has 110 valence electrons. The fraction of sp³-hybridized carbons (Fsp3) is 0.938. The van der Waals surface area contributed by atoms with E-state index in [2.05, 4.69) is 47.7 Å². The maximum atomic E-state index is 12.3. The summed E-state index contributed by atoms with van der Waals surface area (Å²) < 4.78 is 6.58. The second kappa shape index (κ2) is 4.69. The molecule has 0 aromatic heterocycles. The first-order chi connectivity index (χ1) is 8.54. The van der Waals surface area contributed by atoms with Crippen LogP contribution in [0.25, 0.3) is 0 Å². The third-order valence-electron chi connectivity index (χ3n) is 6.21. The molecule has 2 rings (SSSR count). The Morgan fingerprint density at radius 1 is 1.16 bits per heavy atom. The van der Waals surface area contributed by atoms with Gasteiger partial charge in [0.05, 0.1) is 6.10 Å². The molecule has 0 amide bonds. The molecule has 2 bridgehead atoms. The molecule has 2 aliphatic carbocycles. The zero-order valence-corrected chi connectivity index (χ0v) is 14.6. The molecule has 2 fully saturated rings. The SMILES string of the molecule is CC1C(C)[C@H]2C[C@@H]1C(=O)C[C@@H]2O[Si](C)(C)C(C)(C)C. The summed E-state index contributed by atoms with van der Waals surface area (Å²) >= 11 is 0. The van der Waals surface area contributed by atoms with Crippen LogP contribution in [0.15, 0.2) is 0 Å². The summed E-state index contributed by atoms with van der Waals surface area (Å²) in [6, 6.07) is 0. The molecule has 2 aliphatic rings. The summed E-state index contributed by atoms with van der Waals surface area (Å²) in [5.41, 5.74) is 0. The van der Waals surface area contributed by atoms with Gasteiger partial charge in [-0.05, 0) is 42.3 Å². The van der Waals surface area contributed by atoms with Gasteiger partial charge in [0.15, 0.2) is 8.32 Å². The maximum absolute atomic E-state index is 12.3. The van der Waals surface area contributed by atoms with Crippen molar-refractivity contribution in [3.8, 4) is 0 Å². The zero-order valence-electron chi connectivity index (χ0n) is 13.6. The van der Waals surface area contributed by atoms with Gasteiger partial charge in [0.1, 0.15) is 5.78 Å². The predicted molar refractivity (Wildman–Crippen MR) is 81.6 cm³/mol. The molecule has 0 aromatic rings. The topological polar surface area (TPSA) is 26.3 Å². The van der Waals surface area contributed by atoms with Crippen molar-refractivity contribution in [2.45, 2.75) is 71.7 Å². The monoisotopic (exact) mass is 282 g/mol. The Kier molecular flexibility index (Phi) is 3.77. The minimum Gasteiger partial charge on any atom is -0.413 e. The lowest BCUT2D eigenvalue weighted by Gasteiger charge is -2.42. The third-order valence-corrected chi connectivity index (χ3v) is 10.7. The van der Waals surface area contributed by atoms with E-state index in [1.807, 2.05) is 0 Å². The van der Waals surface area contributed by atoms with Gasteiger partial charge in [-0.15, -0.1) is 0 Å². The van der Waals surface area contributed by atoms with Crippen LogP contribution in [0.1, 0.15) is 47.5 Å². The lowest BCUT2D eigenvalue weighted by Crippen LogP contribution is -2.47. The van der Waals surface area contributed by atoms with E-state index in [1.54, 1.807) is 0 Å². The van der Waals surface area contributed by atoms with E-state index >= 15 is 0 Å². The Morgan fingerprint density at radius 3 is 2.26 bits per heavy atom. The van der Waals surface area contributed by atoms with Crippen molar-refractivity contribution in [2.24, 2.45) is 23.7 Å². The van der Waals surface area contributed by atoms with Crippen LogP contribution < -0.4 is 0 Å². The molecule has 0 saturated heterocycles. The molecule has 3 heteroatoms. The first kappa shape index (κ1) is 15.2. The average Bonchev–Trinajstić information content (AvgIpc) is 2.50. The molecule has 0 aromatic carbocycles. The van der Waals surface area contributed by atoms with E-state index in [9.17, 15) is 4.79 Å². The molecule has 0 aliphatic heterocycles. The van der Waals surface area contributed by atoms with Crippen molar-refractivity contribution < 1.29 is 9.22 Å². The summed E-state index contributed by atoms with van der Waals surface area (Å²) in [6.07, 6.45) is 1.92. The van der Waals surface area contributed by atoms with Crippen LogP contribution in [-0.2, 0) is 9.22 Å². The molecule has 19 heavy (non-hydrogen) atoms. The van der Waals surface area contributed by atoms with Crippen molar-refractivity contribution in [3.63, 3.8) is 0 Å². The van der Waals surface area contributed by atoms with Crippen LogP contribution in [0.4, 0.5) is 0 Å². The summed E-state index contributed by atoms with van der Waals surface area (Å²) in [5, 5.41) is 0.223. The number of carbonyl (C=O) groups is 1. The first-order valence-electron chi connectivity index (χ1n) is 7.75. The number of Topliss-reactive ketones (excluding diaryl/α,β-unsaturated/α-hetero) is 1. The Labute approximate surface area is 119 Å². The van der Waals surface area contributed by atoms with Gasteiger partial charge in [0.2, 0.25) is 0 Å². The van der Waals surface area contributed by atoms with Crippen LogP contribution in [0, 0.1) is 23.7 Å². The van der Waals surface area contributed by atoms with Crippen LogP contribution in [-0.4, -0.2) is 20.2 Å². The van der Waals surface area contributed by atoms with E-state index in [-0.39, 0.29) is 11.1 Å². The summed E-state index contributed by atoms with van der Waals surface area (Å²) in [6.45, 7) is 16.0.